The topological polar surface area (TPSA) is 66.4 Å². The van der Waals surface area contributed by atoms with E-state index in [1.165, 1.54) is 18.2 Å². The molecule has 0 aliphatic rings. The molecule has 1 rings (SSSR count). The summed E-state index contributed by atoms with van der Waals surface area (Å²) >= 11 is 11.5. The van der Waals surface area contributed by atoms with E-state index in [9.17, 15) is 8.42 Å². The molecule has 0 fully saturated rings. The summed E-state index contributed by atoms with van der Waals surface area (Å²) in [5, 5.41) is 9.56. The van der Waals surface area contributed by atoms with Gasteiger partial charge >= 0.3 is 0 Å². The Kier molecular flexibility index (Phi) is 5.22. The molecule has 0 saturated heterocycles. The average Bonchev–Trinajstić information content (AvgIpc) is 2.13. The molecule has 96 valence electrons. The van der Waals surface area contributed by atoms with Gasteiger partial charge in [-0.05, 0) is 30.7 Å². The molecule has 0 radical (unpaired) electrons. The van der Waals surface area contributed by atoms with Gasteiger partial charge in [0.2, 0.25) is 10.0 Å². The lowest BCUT2D eigenvalue weighted by Gasteiger charge is -2.11. The van der Waals surface area contributed by atoms with E-state index >= 15 is 0 Å². The normalized spacial score (nSPS) is 13.6. The minimum absolute atomic E-state index is 0.225. The number of hydrogen-bond acceptors (Lipinski definition) is 3. The summed E-state index contributed by atoms with van der Waals surface area (Å²) in [5.74, 6) is -0.225. The summed E-state index contributed by atoms with van der Waals surface area (Å²) in [6.45, 7) is 1.32. The Hall–Kier alpha value is -0.330. The largest absolute Gasteiger partial charge is 0.395 e. The van der Waals surface area contributed by atoms with Crippen LogP contribution in [0.15, 0.2) is 18.2 Å². The number of nitrogens with one attached hydrogen (secondary N) is 1. The molecule has 0 aliphatic carbocycles. The minimum Gasteiger partial charge on any atom is -0.395 e. The first-order chi connectivity index (χ1) is 7.82. The van der Waals surface area contributed by atoms with E-state index in [0.717, 1.165) is 0 Å². The third-order valence-electron chi connectivity index (χ3n) is 1.93. The fourth-order valence-electron chi connectivity index (χ4n) is 1.30. The Morgan fingerprint density at radius 1 is 1.29 bits per heavy atom. The molecule has 2 N–H and O–H groups in total. The van der Waals surface area contributed by atoms with Gasteiger partial charge in [0.15, 0.2) is 0 Å². The number of hydrogen-bond donors (Lipinski definition) is 2. The van der Waals surface area contributed by atoms with Gasteiger partial charge in [0.25, 0.3) is 0 Å². The highest BCUT2D eigenvalue weighted by Crippen LogP contribution is 2.20. The van der Waals surface area contributed by atoms with Crippen LogP contribution in [0.5, 0.6) is 0 Å². The van der Waals surface area contributed by atoms with Crippen molar-refractivity contribution in [2.75, 3.05) is 6.61 Å². The number of halogens is 2. The zero-order valence-corrected chi connectivity index (χ0v) is 11.5. The molecule has 0 amide bonds. The van der Waals surface area contributed by atoms with Gasteiger partial charge in [0, 0.05) is 16.1 Å². The van der Waals surface area contributed by atoms with Crippen LogP contribution in [0.25, 0.3) is 0 Å². The van der Waals surface area contributed by atoms with E-state index in [1.807, 2.05) is 0 Å². The third kappa shape index (κ3) is 5.23. The summed E-state index contributed by atoms with van der Waals surface area (Å²) in [4.78, 5) is 0. The van der Waals surface area contributed by atoms with Gasteiger partial charge in [0.05, 0.1) is 12.4 Å². The van der Waals surface area contributed by atoms with Crippen molar-refractivity contribution in [1.82, 2.24) is 4.72 Å². The number of aliphatic hydroxyl groups excluding tert-OH is 1. The summed E-state index contributed by atoms with van der Waals surface area (Å²) in [6.07, 6.45) is 0. The van der Waals surface area contributed by atoms with Crippen molar-refractivity contribution in [2.45, 2.75) is 18.7 Å². The van der Waals surface area contributed by atoms with Crippen LogP contribution in [0, 0.1) is 0 Å². The zero-order valence-electron chi connectivity index (χ0n) is 9.15. The van der Waals surface area contributed by atoms with E-state index in [4.69, 9.17) is 28.3 Å². The fourth-order valence-corrected chi connectivity index (χ4v) is 3.25. The molecule has 0 bridgehead atoms. The molecule has 0 aliphatic heterocycles. The molecule has 1 atom stereocenters. The highest BCUT2D eigenvalue weighted by atomic mass is 35.5. The van der Waals surface area contributed by atoms with Crippen LogP contribution in [-0.4, -0.2) is 26.2 Å². The van der Waals surface area contributed by atoms with Crippen LogP contribution < -0.4 is 4.72 Å². The average molecular weight is 298 g/mol. The maximum atomic E-state index is 11.7. The van der Waals surface area contributed by atoms with E-state index in [2.05, 4.69) is 4.72 Å². The standard InChI is InChI=1S/C10H13Cl2NO3S/c1-7(5-14)13-17(15,16)6-8-2-9(11)4-10(12)3-8/h2-4,7,13-14H,5-6H2,1H3/t7-/m1/s1. The smallest absolute Gasteiger partial charge is 0.216 e. The molecule has 7 heteroatoms. The van der Waals surface area contributed by atoms with Gasteiger partial charge in [-0.3, -0.25) is 0 Å². The molecule has 0 saturated carbocycles. The number of sulfonamides is 1. The lowest BCUT2D eigenvalue weighted by Crippen LogP contribution is -2.35. The van der Waals surface area contributed by atoms with Gasteiger partial charge < -0.3 is 5.11 Å². The van der Waals surface area contributed by atoms with Crippen LogP contribution in [0.4, 0.5) is 0 Å². The van der Waals surface area contributed by atoms with E-state index in [1.54, 1.807) is 6.92 Å². The number of aliphatic hydroxyl groups is 1. The van der Waals surface area contributed by atoms with Crippen molar-refractivity contribution < 1.29 is 13.5 Å². The number of rotatable bonds is 5. The van der Waals surface area contributed by atoms with Gasteiger partial charge in [-0.15, -0.1) is 0 Å². The first kappa shape index (κ1) is 14.7. The van der Waals surface area contributed by atoms with Crippen LogP contribution in [0.2, 0.25) is 10.0 Å². The summed E-state index contributed by atoms with van der Waals surface area (Å²) in [6, 6.07) is 4.09. The third-order valence-corrected chi connectivity index (χ3v) is 3.84. The van der Waals surface area contributed by atoms with Crippen molar-refractivity contribution in [2.24, 2.45) is 0 Å². The van der Waals surface area contributed by atoms with Gasteiger partial charge in [-0.25, -0.2) is 13.1 Å². The Balaban J connectivity index is 2.83. The highest BCUT2D eigenvalue weighted by Gasteiger charge is 2.15. The second-order valence-electron chi connectivity index (χ2n) is 3.74. The molecular weight excluding hydrogens is 285 g/mol. The van der Waals surface area contributed by atoms with Crippen LogP contribution in [0.3, 0.4) is 0 Å². The van der Waals surface area contributed by atoms with E-state index < -0.39 is 16.1 Å². The predicted octanol–water partition coefficient (Wildman–Crippen LogP) is 1.79. The maximum absolute atomic E-state index is 11.7. The van der Waals surface area contributed by atoms with Gasteiger partial charge in [-0.1, -0.05) is 23.2 Å². The summed E-state index contributed by atoms with van der Waals surface area (Å²) < 4.78 is 25.7. The second-order valence-corrected chi connectivity index (χ2v) is 6.36. The molecule has 1 aromatic carbocycles. The van der Waals surface area contributed by atoms with Crippen molar-refractivity contribution in [3.8, 4) is 0 Å². The highest BCUT2D eigenvalue weighted by molar-refractivity contribution is 7.88. The Morgan fingerprint density at radius 3 is 2.29 bits per heavy atom. The van der Waals surface area contributed by atoms with Crippen molar-refractivity contribution in [3.05, 3.63) is 33.8 Å². The number of benzene rings is 1. The quantitative estimate of drug-likeness (QED) is 0.871. The SMILES string of the molecule is C[C@H](CO)NS(=O)(=O)Cc1cc(Cl)cc(Cl)c1. The van der Waals surface area contributed by atoms with Crippen molar-refractivity contribution in [3.63, 3.8) is 0 Å². The van der Waals surface area contributed by atoms with Crippen molar-refractivity contribution in [1.29, 1.82) is 0 Å². The first-order valence-electron chi connectivity index (χ1n) is 4.88. The van der Waals surface area contributed by atoms with E-state index in [0.29, 0.717) is 15.6 Å². The minimum atomic E-state index is -3.51. The lowest BCUT2D eigenvalue weighted by molar-refractivity contribution is 0.265. The zero-order chi connectivity index (χ0) is 13.1. The first-order valence-corrected chi connectivity index (χ1v) is 7.29. The maximum Gasteiger partial charge on any atom is 0.216 e. The van der Waals surface area contributed by atoms with Crippen LogP contribution in [-0.2, 0) is 15.8 Å². The molecule has 0 heterocycles. The van der Waals surface area contributed by atoms with Gasteiger partial charge in [-0.2, -0.15) is 0 Å². The molecular formula is C10H13Cl2NO3S. The Morgan fingerprint density at radius 2 is 1.82 bits per heavy atom. The molecule has 0 aromatic heterocycles. The second kappa shape index (κ2) is 6.02. The van der Waals surface area contributed by atoms with Gasteiger partial charge in [0.1, 0.15) is 0 Å². The lowest BCUT2D eigenvalue weighted by atomic mass is 10.2. The molecule has 17 heavy (non-hydrogen) atoms. The fraction of sp³-hybridized carbons (Fsp3) is 0.400. The monoisotopic (exact) mass is 297 g/mol. The van der Waals surface area contributed by atoms with Crippen LogP contribution >= 0.6 is 23.2 Å². The Bertz CT molecular complexity index is 470. The van der Waals surface area contributed by atoms with E-state index in [-0.39, 0.29) is 12.4 Å². The molecule has 1 aromatic rings. The predicted molar refractivity (Wildman–Crippen MR) is 68.8 cm³/mol. The summed E-state index contributed by atoms with van der Waals surface area (Å²) in [5.41, 5.74) is 0.500. The van der Waals surface area contributed by atoms with Crippen molar-refractivity contribution >= 4 is 33.2 Å². The molecule has 0 spiro atoms. The Labute approximate surface area is 111 Å². The molecule has 4 nitrogen and oxygen atoms in total. The molecule has 0 unspecified atom stereocenters. The van der Waals surface area contributed by atoms with Crippen LogP contribution in [0.1, 0.15) is 12.5 Å². The summed E-state index contributed by atoms with van der Waals surface area (Å²) in [7, 11) is -3.51.